The average molecular weight is 280 g/mol. The first kappa shape index (κ1) is 14.5. The van der Waals surface area contributed by atoms with Crippen LogP contribution in [0.3, 0.4) is 0 Å². The van der Waals surface area contributed by atoms with Crippen molar-refractivity contribution in [1.29, 1.82) is 0 Å². The molecule has 1 atom stereocenters. The highest BCUT2D eigenvalue weighted by atomic mass is 32.1. The molecule has 2 heterocycles. The summed E-state index contributed by atoms with van der Waals surface area (Å²) >= 11 is 1.60. The molecule has 1 aliphatic rings. The standard InChI is InChI=1S/C15H24N2OS/c1-11(2)17(10-13-5-4-8-16-9-13)15(18)14-7-6-12(3)19-14/h6-7,11,13,16H,4-5,8-10H2,1-3H3. The number of hydrogen-bond acceptors (Lipinski definition) is 3. The Morgan fingerprint density at radius 1 is 1.53 bits per heavy atom. The third kappa shape index (κ3) is 3.80. The summed E-state index contributed by atoms with van der Waals surface area (Å²) in [7, 11) is 0. The predicted octanol–water partition coefficient (Wildman–Crippen LogP) is 2.91. The van der Waals surface area contributed by atoms with E-state index in [9.17, 15) is 4.79 Å². The van der Waals surface area contributed by atoms with Crippen LogP contribution < -0.4 is 5.32 Å². The Labute approximate surface area is 120 Å². The smallest absolute Gasteiger partial charge is 0.264 e. The molecule has 0 aromatic carbocycles. The van der Waals surface area contributed by atoms with Gasteiger partial charge in [-0.05, 0) is 64.8 Å². The zero-order valence-corrected chi connectivity index (χ0v) is 12.9. The van der Waals surface area contributed by atoms with Crippen LogP contribution >= 0.6 is 11.3 Å². The average Bonchev–Trinajstić information content (AvgIpc) is 2.83. The minimum atomic E-state index is 0.193. The minimum Gasteiger partial charge on any atom is -0.335 e. The van der Waals surface area contributed by atoms with Crippen molar-refractivity contribution >= 4 is 17.2 Å². The van der Waals surface area contributed by atoms with Gasteiger partial charge in [0.1, 0.15) is 0 Å². The lowest BCUT2D eigenvalue weighted by molar-refractivity contribution is 0.0666. The Morgan fingerprint density at radius 2 is 2.32 bits per heavy atom. The maximum absolute atomic E-state index is 12.6. The van der Waals surface area contributed by atoms with E-state index in [1.54, 1.807) is 11.3 Å². The summed E-state index contributed by atoms with van der Waals surface area (Å²) in [4.78, 5) is 16.7. The maximum atomic E-state index is 12.6. The fraction of sp³-hybridized carbons (Fsp3) is 0.667. The first-order chi connectivity index (χ1) is 9.08. The number of nitrogens with zero attached hydrogens (tertiary/aromatic N) is 1. The van der Waals surface area contributed by atoms with Crippen LogP contribution in [-0.4, -0.2) is 36.5 Å². The molecule has 1 aromatic heterocycles. The molecule has 4 heteroatoms. The molecule has 1 saturated heterocycles. The molecule has 1 aromatic rings. The quantitative estimate of drug-likeness (QED) is 0.920. The lowest BCUT2D eigenvalue weighted by Crippen LogP contribution is -2.44. The minimum absolute atomic E-state index is 0.193. The first-order valence-electron chi connectivity index (χ1n) is 7.16. The van der Waals surface area contributed by atoms with Crippen molar-refractivity contribution in [2.75, 3.05) is 19.6 Å². The summed E-state index contributed by atoms with van der Waals surface area (Å²) in [6, 6.07) is 4.24. The van der Waals surface area contributed by atoms with Crippen LogP contribution in [-0.2, 0) is 0 Å². The monoisotopic (exact) mass is 280 g/mol. The summed E-state index contributed by atoms with van der Waals surface area (Å²) < 4.78 is 0. The largest absolute Gasteiger partial charge is 0.335 e. The molecule has 1 unspecified atom stereocenters. The highest BCUT2D eigenvalue weighted by molar-refractivity contribution is 7.13. The van der Waals surface area contributed by atoms with Crippen molar-refractivity contribution in [2.45, 2.75) is 39.7 Å². The van der Waals surface area contributed by atoms with Crippen LogP contribution in [0.25, 0.3) is 0 Å². The molecule has 2 rings (SSSR count). The van der Waals surface area contributed by atoms with E-state index in [2.05, 4.69) is 19.2 Å². The molecule has 0 aliphatic carbocycles. The Balaban J connectivity index is 2.04. The summed E-state index contributed by atoms with van der Waals surface area (Å²) in [5, 5.41) is 3.43. The van der Waals surface area contributed by atoms with E-state index < -0.39 is 0 Å². The van der Waals surface area contributed by atoms with Gasteiger partial charge >= 0.3 is 0 Å². The van der Waals surface area contributed by atoms with Crippen LogP contribution in [0.5, 0.6) is 0 Å². The van der Waals surface area contributed by atoms with E-state index in [1.165, 1.54) is 17.7 Å². The van der Waals surface area contributed by atoms with E-state index >= 15 is 0 Å². The molecule has 0 saturated carbocycles. The van der Waals surface area contributed by atoms with Crippen molar-refractivity contribution in [3.8, 4) is 0 Å². The maximum Gasteiger partial charge on any atom is 0.264 e. The van der Waals surface area contributed by atoms with Crippen LogP contribution in [0, 0.1) is 12.8 Å². The molecule has 19 heavy (non-hydrogen) atoms. The number of carbonyl (C=O) groups is 1. The topological polar surface area (TPSA) is 32.3 Å². The Hall–Kier alpha value is -0.870. The lowest BCUT2D eigenvalue weighted by Gasteiger charge is -2.32. The second kappa shape index (κ2) is 6.53. The van der Waals surface area contributed by atoms with Gasteiger partial charge in [0.05, 0.1) is 4.88 Å². The second-order valence-electron chi connectivity index (χ2n) is 5.67. The third-order valence-electron chi connectivity index (χ3n) is 3.69. The van der Waals surface area contributed by atoms with Gasteiger partial charge in [0, 0.05) is 17.5 Å². The molecule has 0 radical (unpaired) electrons. The van der Waals surface area contributed by atoms with Crippen LogP contribution in [0.2, 0.25) is 0 Å². The zero-order chi connectivity index (χ0) is 13.8. The number of piperidine rings is 1. The van der Waals surface area contributed by atoms with Gasteiger partial charge in [-0.15, -0.1) is 11.3 Å². The van der Waals surface area contributed by atoms with E-state index in [-0.39, 0.29) is 11.9 Å². The Kier molecular flexibility index (Phi) is 4.99. The second-order valence-corrected chi connectivity index (χ2v) is 6.96. The fourth-order valence-corrected chi connectivity index (χ4v) is 3.40. The number of thiophene rings is 1. The highest BCUT2D eigenvalue weighted by Gasteiger charge is 2.24. The highest BCUT2D eigenvalue weighted by Crippen LogP contribution is 2.20. The Bertz CT molecular complexity index is 422. The van der Waals surface area contributed by atoms with E-state index in [0.717, 1.165) is 24.5 Å². The molecule has 3 nitrogen and oxygen atoms in total. The summed E-state index contributed by atoms with van der Waals surface area (Å²) in [5.41, 5.74) is 0. The predicted molar refractivity (Wildman–Crippen MR) is 80.8 cm³/mol. The number of rotatable bonds is 4. The first-order valence-corrected chi connectivity index (χ1v) is 7.97. The molecule has 106 valence electrons. The summed E-state index contributed by atoms with van der Waals surface area (Å²) in [6.07, 6.45) is 2.45. The fourth-order valence-electron chi connectivity index (χ4n) is 2.58. The Morgan fingerprint density at radius 3 is 2.84 bits per heavy atom. The van der Waals surface area contributed by atoms with E-state index in [0.29, 0.717) is 5.92 Å². The van der Waals surface area contributed by atoms with Gasteiger partial charge in [-0.3, -0.25) is 4.79 Å². The van der Waals surface area contributed by atoms with E-state index in [1.807, 2.05) is 24.0 Å². The van der Waals surface area contributed by atoms with Gasteiger partial charge in [0.2, 0.25) is 0 Å². The number of carbonyl (C=O) groups excluding carboxylic acids is 1. The van der Waals surface area contributed by atoms with Crippen LogP contribution in [0.1, 0.15) is 41.2 Å². The SMILES string of the molecule is Cc1ccc(C(=O)N(CC2CCCNC2)C(C)C)s1. The third-order valence-corrected chi connectivity index (χ3v) is 4.68. The van der Waals surface area contributed by atoms with Crippen molar-refractivity contribution in [3.05, 3.63) is 21.9 Å². The van der Waals surface area contributed by atoms with Crippen molar-refractivity contribution in [3.63, 3.8) is 0 Å². The molecule has 1 amide bonds. The molecule has 0 spiro atoms. The number of aryl methyl sites for hydroxylation is 1. The van der Waals surface area contributed by atoms with Crippen molar-refractivity contribution < 1.29 is 4.79 Å². The number of hydrogen-bond donors (Lipinski definition) is 1. The molecule has 1 N–H and O–H groups in total. The molecular formula is C15H24N2OS. The van der Waals surface area contributed by atoms with Crippen molar-refractivity contribution in [1.82, 2.24) is 10.2 Å². The number of nitrogens with one attached hydrogen (secondary N) is 1. The summed E-state index contributed by atoms with van der Waals surface area (Å²) in [5.74, 6) is 0.792. The van der Waals surface area contributed by atoms with Gasteiger partial charge in [0.15, 0.2) is 0 Å². The van der Waals surface area contributed by atoms with Gasteiger partial charge in [-0.1, -0.05) is 0 Å². The summed E-state index contributed by atoms with van der Waals surface area (Å²) in [6.45, 7) is 9.30. The van der Waals surface area contributed by atoms with Gasteiger partial charge in [-0.2, -0.15) is 0 Å². The molecule has 1 fully saturated rings. The van der Waals surface area contributed by atoms with Gasteiger partial charge in [0.25, 0.3) is 5.91 Å². The van der Waals surface area contributed by atoms with Crippen LogP contribution in [0.15, 0.2) is 12.1 Å². The normalized spacial score (nSPS) is 19.7. The molecular weight excluding hydrogens is 256 g/mol. The van der Waals surface area contributed by atoms with Crippen molar-refractivity contribution in [2.24, 2.45) is 5.92 Å². The molecule has 0 bridgehead atoms. The zero-order valence-electron chi connectivity index (χ0n) is 12.1. The molecule has 1 aliphatic heterocycles. The van der Waals surface area contributed by atoms with E-state index in [4.69, 9.17) is 0 Å². The van der Waals surface area contributed by atoms with Gasteiger partial charge < -0.3 is 10.2 Å². The van der Waals surface area contributed by atoms with Crippen LogP contribution in [0.4, 0.5) is 0 Å². The lowest BCUT2D eigenvalue weighted by atomic mass is 9.98. The van der Waals surface area contributed by atoms with Gasteiger partial charge in [-0.25, -0.2) is 0 Å². The number of amides is 1.